The minimum Gasteiger partial charge on any atom is -0.445 e. The van der Waals surface area contributed by atoms with E-state index in [1.54, 1.807) is 6.92 Å². The SMILES string of the molecule is CC(C)[Si](O[C@@H](C)[C@@H]1NC(=O)[C@@H](NC(=O)OCc2ccccc2)[C@H](C)O1)(C(C)C)C(C)C. The van der Waals surface area contributed by atoms with Crippen molar-refractivity contribution in [3.63, 3.8) is 0 Å². The molecule has 0 radical (unpaired) electrons. The summed E-state index contributed by atoms with van der Waals surface area (Å²) in [6.45, 7) is 17.2. The van der Waals surface area contributed by atoms with E-state index < -0.39 is 32.8 Å². The third-order valence-corrected chi connectivity index (χ3v) is 12.6. The number of hydrogen-bond donors (Lipinski definition) is 2. The molecule has 0 aromatic heterocycles. The fraction of sp³-hybridized carbons (Fsp3) is 0.667. The number of nitrogens with one attached hydrogen (secondary N) is 2. The van der Waals surface area contributed by atoms with Crippen molar-refractivity contribution in [2.75, 3.05) is 0 Å². The van der Waals surface area contributed by atoms with Crippen molar-refractivity contribution in [3.8, 4) is 0 Å². The van der Waals surface area contributed by atoms with E-state index in [0.717, 1.165) is 5.56 Å². The predicted molar refractivity (Wildman–Crippen MR) is 128 cm³/mol. The molecule has 180 valence electrons. The Morgan fingerprint density at radius 1 is 1.06 bits per heavy atom. The molecule has 0 unspecified atom stereocenters. The number of carbonyl (C=O) groups is 2. The zero-order valence-corrected chi connectivity index (χ0v) is 21.7. The zero-order valence-electron chi connectivity index (χ0n) is 20.7. The van der Waals surface area contributed by atoms with Gasteiger partial charge in [0.1, 0.15) is 12.6 Å². The fourth-order valence-electron chi connectivity index (χ4n) is 4.88. The highest BCUT2D eigenvalue weighted by Gasteiger charge is 2.48. The van der Waals surface area contributed by atoms with Crippen molar-refractivity contribution in [1.29, 1.82) is 0 Å². The standard InChI is InChI=1S/C24H40N2O5Si/c1-15(2)32(16(3)4,17(5)6)31-19(8)23-26-22(27)21(18(7)30-23)25-24(28)29-14-20-12-10-9-11-13-20/h9-13,15-19,21,23H,14H2,1-8H3,(H,25,28)(H,26,27)/t18-,19-,21-,23+/m0/s1. The van der Waals surface area contributed by atoms with E-state index in [1.807, 2.05) is 37.3 Å². The second-order valence-electron chi connectivity index (χ2n) is 9.59. The minimum absolute atomic E-state index is 0.135. The molecule has 1 aromatic rings. The second-order valence-corrected chi connectivity index (χ2v) is 15.0. The molecule has 1 aliphatic rings. The van der Waals surface area contributed by atoms with Gasteiger partial charge in [0.15, 0.2) is 6.23 Å². The van der Waals surface area contributed by atoms with Crippen LogP contribution in [0.3, 0.4) is 0 Å². The van der Waals surface area contributed by atoms with Crippen LogP contribution in [0.25, 0.3) is 0 Å². The number of carbonyl (C=O) groups excluding carboxylic acids is 2. The molecule has 0 saturated carbocycles. The molecule has 1 aromatic carbocycles. The van der Waals surface area contributed by atoms with E-state index in [1.165, 1.54) is 0 Å². The van der Waals surface area contributed by atoms with E-state index in [0.29, 0.717) is 16.6 Å². The maximum absolute atomic E-state index is 12.8. The van der Waals surface area contributed by atoms with E-state index in [-0.39, 0.29) is 18.6 Å². The highest BCUT2D eigenvalue weighted by atomic mass is 28.4. The molecule has 2 rings (SSSR count). The highest BCUT2D eigenvalue weighted by Crippen LogP contribution is 2.43. The van der Waals surface area contributed by atoms with Crippen LogP contribution >= 0.6 is 0 Å². The van der Waals surface area contributed by atoms with Gasteiger partial charge in [-0.05, 0) is 36.0 Å². The van der Waals surface area contributed by atoms with Crippen LogP contribution in [0.1, 0.15) is 61.0 Å². The molecule has 0 bridgehead atoms. The summed E-state index contributed by atoms with van der Waals surface area (Å²) in [4.78, 5) is 25.0. The van der Waals surface area contributed by atoms with E-state index >= 15 is 0 Å². The van der Waals surface area contributed by atoms with Crippen LogP contribution in [-0.4, -0.2) is 44.8 Å². The summed E-state index contributed by atoms with van der Waals surface area (Å²) in [5.41, 5.74) is 2.15. The maximum atomic E-state index is 12.8. The average molecular weight is 465 g/mol. The van der Waals surface area contributed by atoms with Crippen molar-refractivity contribution in [2.45, 2.75) is 103 Å². The summed E-state index contributed by atoms with van der Waals surface area (Å²) in [5.74, 6) is -0.299. The van der Waals surface area contributed by atoms with Gasteiger partial charge in [0.2, 0.25) is 14.2 Å². The molecule has 0 spiro atoms. The number of ether oxygens (including phenoxy) is 2. The second kappa shape index (κ2) is 11.3. The topological polar surface area (TPSA) is 85.9 Å². The van der Waals surface area contributed by atoms with Gasteiger partial charge in [-0.2, -0.15) is 0 Å². The molecule has 4 atom stereocenters. The van der Waals surface area contributed by atoms with Crippen LogP contribution in [0.2, 0.25) is 16.6 Å². The van der Waals surface area contributed by atoms with Crippen molar-refractivity contribution in [1.82, 2.24) is 10.6 Å². The average Bonchev–Trinajstić information content (AvgIpc) is 2.72. The Kier molecular flexibility index (Phi) is 9.30. The van der Waals surface area contributed by atoms with Gasteiger partial charge in [-0.3, -0.25) is 4.79 Å². The first kappa shape index (κ1) is 26.4. The molecule has 1 aliphatic heterocycles. The molecular weight excluding hydrogens is 424 g/mol. The lowest BCUT2D eigenvalue weighted by Gasteiger charge is -2.46. The molecule has 1 heterocycles. The summed E-state index contributed by atoms with van der Waals surface area (Å²) in [6, 6.07) is 8.55. The predicted octanol–water partition coefficient (Wildman–Crippen LogP) is 4.72. The Balaban J connectivity index is 1.97. The first-order chi connectivity index (χ1) is 15.0. The van der Waals surface area contributed by atoms with Crippen molar-refractivity contribution >= 4 is 20.3 Å². The molecule has 2 amide bonds. The smallest absolute Gasteiger partial charge is 0.408 e. The Morgan fingerprint density at radius 2 is 1.62 bits per heavy atom. The lowest BCUT2D eigenvalue weighted by molar-refractivity contribution is -0.155. The Bertz CT molecular complexity index is 734. The van der Waals surface area contributed by atoms with Crippen LogP contribution in [0.4, 0.5) is 4.79 Å². The largest absolute Gasteiger partial charge is 0.445 e. The molecule has 1 fully saturated rings. The van der Waals surface area contributed by atoms with Crippen LogP contribution in [0.15, 0.2) is 30.3 Å². The van der Waals surface area contributed by atoms with Crippen molar-refractivity contribution in [3.05, 3.63) is 35.9 Å². The van der Waals surface area contributed by atoms with Gasteiger partial charge in [-0.1, -0.05) is 71.9 Å². The number of hydrogen-bond acceptors (Lipinski definition) is 5. The third-order valence-electron chi connectivity index (χ3n) is 6.41. The Labute approximate surface area is 193 Å². The Morgan fingerprint density at radius 3 is 2.12 bits per heavy atom. The lowest BCUT2D eigenvalue weighted by Crippen LogP contribution is -2.65. The van der Waals surface area contributed by atoms with Crippen molar-refractivity contribution < 1.29 is 23.5 Å². The first-order valence-electron chi connectivity index (χ1n) is 11.6. The van der Waals surface area contributed by atoms with Gasteiger partial charge in [0.25, 0.3) is 0 Å². The van der Waals surface area contributed by atoms with Gasteiger partial charge < -0.3 is 24.5 Å². The minimum atomic E-state index is -2.13. The number of benzene rings is 1. The fourth-order valence-corrected chi connectivity index (χ4v) is 10.5. The normalized spacial score (nSPS) is 22.7. The molecule has 1 saturated heterocycles. The maximum Gasteiger partial charge on any atom is 0.408 e. The molecule has 32 heavy (non-hydrogen) atoms. The van der Waals surface area contributed by atoms with E-state index in [4.69, 9.17) is 13.9 Å². The van der Waals surface area contributed by atoms with Gasteiger partial charge >= 0.3 is 6.09 Å². The van der Waals surface area contributed by atoms with Gasteiger partial charge in [0.05, 0.1) is 12.2 Å². The number of rotatable bonds is 9. The summed E-state index contributed by atoms with van der Waals surface area (Å²) < 4.78 is 18.1. The first-order valence-corrected chi connectivity index (χ1v) is 13.7. The summed E-state index contributed by atoms with van der Waals surface area (Å²) in [6.07, 6.45) is -2.04. The number of alkyl carbamates (subject to hydrolysis) is 1. The molecule has 7 nitrogen and oxygen atoms in total. The van der Waals surface area contributed by atoms with Crippen LogP contribution < -0.4 is 10.6 Å². The van der Waals surface area contributed by atoms with Gasteiger partial charge in [-0.25, -0.2) is 4.79 Å². The highest BCUT2D eigenvalue weighted by molar-refractivity contribution is 6.77. The van der Waals surface area contributed by atoms with Crippen LogP contribution in [-0.2, 0) is 25.3 Å². The monoisotopic (exact) mass is 464 g/mol. The summed E-state index contributed by atoms with van der Waals surface area (Å²) in [7, 11) is -2.13. The van der Waals surface area contributed by atoms with Crippen LogP contribution in [0, 0.1) is 0 Å². The quantitative estimate of drug-likeness (QED) is 0.516. The number of amides is 2. The molecular formula is C24H40N2O5Si. The van der Waals surface area contributed by atoms with E-state index in [9.17, 15) is 9.59 Å². The van der Waals surface area contributed by atoms with E-state index in [2.05, 4.69) is 52.2 Å². The summed E-state index contributed by atoms with van der Waals surface area (Å²) >= 11 is 0. The summed E-state index contributed by atoms with van der Waals surface area (Å²) in [5, 5.41) is 5.50. The van der Waals surface area contributed by atoms with Gasteiger partial charge in [0, 0.05) is 0 Å². The molecule has 8 heteroatoms. The lowest BCUT2D eigenvalue weighted by atomic mass is 10.1. The Hall–Kier alpha value is -1.90. The molecule has 0 aliphatic carbocycles. The van der Waals surface area contributed by atoms with Crippen LogP contribution in [0.5, 0.6) is 0 Å². The zero-order chi connectivity index (χ0) is 24.1. The van der Waals surface area contributed by atoms with Crippen molar-refractivity contribution in [2.24, 2.45) is 0 Å². The third kappa shape index (κ3) is 6.11. The van der Waals surface area contributed by atoms with Gasteiger partial charge in [-0.15, -0.1) is 0 Å². The molecule has 2 N–H and O–H groups in total.